The number of aromatic nitrogens is 2. The zero-order chi connectivity index (χ0) is 15.6. The van der Waals surface area contributed by atoms with Crippen LogP contribution in [0.25, 0.3) is 0 Å². The number of hydrogen-bond donors (Lipinski definition) is 0. The molecule has 3 saturated heterocycles. The van der Waals surface area contributed by atoms with Crippen LogP contribution in [0.2, 0.25) is 0 Å². The molecule has 3 aliphatic heterocycles. The van der Waals surface area contributed by atoms with Crippen LogP contribution >= 0.6 is 0 Å². The number of carbonyl (C=O) groups excluding carboxylic acids is 1. The van der Waals surface area contributed by atoms with Gasteiger partial charge in [0.1, 0.15) is 6.10 Å². The largest absolute Gasteiger partial charge is 0.363 e. The summed E-state index contributed by atoms with van der Waals surface area (Å²) < 4.78 is 6.11. The molecule has 0 radical (unpaired) electrons. The summed E-state index contributed by atoms with van der Waals surface area (Å²) in [5.41, 5.74) is 0. The lowest BCUT2D eigenvalue weighted by Crippen LogP contribution is -2.50. The van der Waals surface area contributed by atoms with Crippen molar-refractivity contribution < 1.29 is 14.4 Å². The van der Waals surface area contributed by atoms with Crippen molar-refractivity contribution in [2.24, 2.45) is 0 Å². The first-order chi connectivity index (χ1) is 11.3. The third kappa shape index (κ3) is 2.90. The maximum absolute atomic E-state index is 12.5. The highest BCUT2D eigenvalue weighted by Gasteiger charge is 2.43. The van der Waals surface area contributed by atoms with E-state index in [4.69, 9.17) is 9.57 Å². The number of amides is 1. The summed E-state index contributed by atoms with van der Waals surface area (Å²) in [4.78, 5) is 28.9. The first-order valence-electron chi connectivity index (χ1n) is 8.46. The SMILES string of the molecule is O=C([C@@H]1CC[C@H]2[C@H](CCN2c2ncccn2)O1)N1CCCCO1. The van der Waals surface area contributed by atoms with Gasteiger partial charge in [-0.2, -0.15) is 0 Å². The van der Waals surface area contributed by atoms with Crippen molar-refractivity contribution in [3.8, 4) is 0 Å². The van der Waals surface area contributed by atoms with Crippen LogP contribution in [0.1, 0.15) is 32.1 Å². The molecule has 1 aromatic heterocycles. The number of hydroxylamine groups is 2. The summed E-state index contributed by atoms with van der Waals surface area (Å²) in [6.07, 6.45) is 7.82. The molecule has 0 bridgehead atoms. The van der Waals surface area contributed by atoms with Crippen molar-refractivity contribution in [2.75, 3.05) is 24.6 Å². The van der Waals surface area contributed by atoms with E-state index in [1.807, 2.05) is 6.07 Å². The van der Waals surface area contributed by atoms with Crippen LogP contribution in [0.15, 0.2) is 18.5 Å². The van der Waals surface area contributed by atoms with E-state index in [2.05, 4.69) is 14.9 Å². The first-order valence-corrected chi connectivity index (χ1v) is 8.46. The Hall–Kier alpha value is -1.73. The molecular formula is C16H22N4O3. The minimum atomic E-state index is -0.369. The lowest BCUT2D eigenvalue weighted by Gasteiger charge is -2.37. The molecule has 7 heteroatoms. The predicted molar refractivity (Wildman–Crippen MR) is 82.6 cm³/mol. The molecule has 3 fully saturated rings. The third-order valence-electron chi connectivity index (χ3n) is 4.88. The lowest BCUT2D eigenvalue weighted by molar-refractivity contribution is -0.212. The Morgan fingerprint density at radius 2 is 2.00 bits per heavy atom. The number of anilines is 1. The summed E-state index contributed by atoms with van der Waals surface area (Å²) in [5.74, 6) is 0.741. The number of carbonyl (C=O) groups is 1. The molecule has 1 aromatic rings. The average molecular weight is 318 g/mol. The van der Waals surface area contributed by atoms with E-state index < -0.39 is 0 Å². The molecule has 0 unspecified atom stereocenters. The van der Waals surface area contributed by atoms with Gasteiger partial charge in [0.05, 0.1) is 18.8 Å². The van der Waals surface area contributed by atoms with Crippen molar-refractivity contribution in [3.05, 3.63) is 18.5 Å². The Bertz CT molecular complexity index is 550. The van der Waals surface area contributed by atoms with Crippen LogP contribution in [-0.2, 0) is 14.4 Å². The van der Waals surface area contributed by atoms with Gasteiger partial charge in [0, 0.05) is 25.5 Å². The Morgan fingerprint density at radius 1 is 1.13 bits per heavy atom. The molecular weight excluding hydrogens is 296 g/mol. The second-order valence-corrected chi connectivity index (χ2v) is 6.32. The third-order valence-corrected chi connectivity index (χ3v) is 4.88. The average Bonchev–Trinajstić information content (AvgIpc) is 3.06. The standard InChI is InChI=1S/C16H22N4O3/c21-15(20-9-1-2-11-22-20)14-5-4-12-13(23-14)6-10-19(12)16-17-7-3-8-18-16/h3,7-8,12-14H,1-2,4-6,9-11H2/t12-,13-,14-/m0/s1. The van der Waals surface area contributed by atoms with Crippen molar-refractivity contribution >= 4 is 11.9 Å². The number of rotatable bonds is 2. The summed E-state index contributed by atoms with van der Waals surface area (Å²) in [5, 5.41) is 1.50. The van der Waals surface area contributed by atoms with Crippen molar-refractivity contribution in [1.82, 2.24) is 15.0 Å². The summed E-state index contributed by atoms with van der Waals surface area (Å²) in [6, 6.07) is 2.09. The molecule has 3 aliphatic rings. The van der Waals surface area contributed by atoms with Gasteiger partial charge in [0.2, 0.25) is 5.95 Å². The van der Waals surface area contributed by atoms with Gasteiger partial charge in [-0.1, -0.05) is 0 Å². The summed E-state index contributed by atoms with van der Waals surface area (Å²) >= 11 is 0. The van der Waals surface area contributed by atoms with Crippen LogP contribution in [0.4, 0.5) is 5.95 Å². The highest BCUT2D eigenvalue weighted by molar-refractivity contribution is 5.80. The number of hydrogen-bond acceptors (Lipinski definition) is 6. The fourth-order valence-electron chi connectivity index (χ4n) is 3.73. The molecule has 3 atom stereocenters. The minimum Gasteiger partial charge on any atom is -0.363 e. The molecule has 0 aromatic carbocycles. The van der Waals surface area contributed by atoms with Gasteiger partial charge < -0.3 is 9.64 Å². The molecule has 124 valence electrons. The molecule has 0 spiro atoms. The number of fused-ring (bicyclic) bond motifs is 1. The quantitative estimate of drug-likeness (QED) is 0.815. The van der Waals surface area contributed by atoms with Gasteiger partial charge in [-0.15, -0.1) is 0 Å². The van der Waals surface area contributed by atoms with E-state index in [-0.39, 0.29) is 24.2 Å². The van der Waals surface area contributed by atoms with E-state index in [9.17, 15) is 4.79 Å². The predicted octanol–water partition coefficient (Wildman–Crippen LogP) is 1.16. The summed E-state index contributed by atoms with van der Waals surface area (Å²) in [7, 11) is 0. The second-order valence-electron chi connectivity index (χ2n) is 6.32. The van der Waals surface area contributed by atoms with Gasteiger partial charge in [0.15, 0.2) is 0 Å². The van der Waals surface area contributed by atoms with Crippen LogP contribution in [-0.4, -0.2) is 58.9 Å². The second kappa shape index (κ2) is 6.41. The van der Waals surface area contributed by atoms with Gasteiger partial charge in [-0.25, -0.2) is 15.0 Å². The molecule has 0 aliphatic carbocycles. The molecule has 1 amide bonds. The number of ether oxygens (including phenoxy) is 1. The Kier molecular flexibility index (Phi) is 4.13. The van der Waals surface area contributed by atoms with Crippen LogP contribution in [0.5, 0.6) is 0 Å². The fraction of sp³-hybridized carbons (Fsp3) is 0.688. The maximum atomic E-state index is 12.5. The molecule has 4 heterocycles. The van der Waals surface area contributed by atoms with Crippen molar-refractivity contribution in [2.45, 2.75) is 50.4 Å². The maximum Gasteiger partial charge on any atom is 0.275 e. The zero-order valence-corrected chi connectivity index (χ0v) is 13.1. The normalized spacial score (nSPS) is 31.0. The Morgan fingerprint density at radius 3 is 2.78 bits per heavy atom. The molecule has 23 heavy (non-hydrogen) atoms. The van der Waals surface area contributed by atoms with Crippen LogP contribution in [0, 0.1) is 0 Å². The Balaban J connectivity index is 1.40. The van der Waals surface area contributed by atoms with Gasteiger partial charge in [0.25, 0.3) is 5.91 Å². The molecule has 4 rings (SSSR count). The zero-order valence-electron chi connectivity index (χ0n) is 13.1. The smallest absolute Gasteiger partial charge is 0.275 e. The van der Waals surface area contributed by atoms with E-state index in [1.165, 1.54) is 5.06 Å². The van der Waals surface area contributed by atoms with E-state index >= 15 is 0 Å². The Labute approximate surface area is 135 Å². The van der Waals surface area contributed by atoms with E-state index in [0.29, 0.717) is 13.2 Å². The first kappa shape index (κ1) is 14.8. The van der Waals surface area contributed by atoms with Gasteiger partial charge >= 0.3 is 0 Å². The van der Waals surface area contributed by atoms with Crippen molar-refractivity contribution in [1.29, 1.82) is 0 Å². The molecule has 7 nitrogen and oxygen atoms in total. The fourth-order valence-corrected chi connectivity index (χ4v) is 3.73. The van der Waals surface area contributed by atoms with Crippen LogP contribution < -0.4 is 4.90 Å². The monoisotopic (exact) mass is 318 g/mol. The van der Waals surface area contributed by atoms with Gasteiger partial charge in [-0.3, -0.25) is 9.63 Å². The van der Waals surface area contributed by atoms with Crippen LogP contribution in [0.3, 0.4) is 0 Å². The topological polar surface area (TPSA) is 67.8 Å². The van der Waals surface area contributed by atoms with E-state index in [0.717, 1.165) is 44.6 Å². The minimum absolute atomic E-state index is 0.0161. The summed E-state index contributed by atoms with van der Waals surface area (Å²) in [6.45, 7) is 2.18. The molecule has 0 N–H and O–H groups in total. The van der Waals surface area contributed by atoms with Gasteiger partial charge in [-0.05, 0) is 38.2 Å². The lowest BCUT2D eigenvalue weighted by atomic mass is 9.98. The highest BCUT2D eigenvalue weighted by Crippen LogP contribution is 2.34. The molecule has 0 saturated carbocycles. The highest BCUT2D eigenvalue weighted by atomic mass is 16.7. The number of nitrogens with zero attached hydrogens (tertiary/aromatic N) is 4. The van der Waals surface area contributed by atoms with E-state index in [1.54, 1.807) is 12.4 Å². The van der Waals surface area contributed by atoms with Crippen molar-refractivity contribution in [3.63, 3.8) is 0 Å².